The maximum absolute atomic E-state index is 3.08. The summed E-state index contributed by atoms with van der Waals surface area (Å²) in [5.41, 5.74) is 1.29. The monoisotopic (exact) mass is 140 g/mol. The van der Waals surface area contributed by atoms with E-state index in [9.17, 15) is 0 Å². The largest absolute Gasteiger partial charge is 0.394 e. The van der Waals surface area contributed by atoms with Crippen molar-refractivity contribution in [2.75, 3.05) is 20.6 Å². The van der Waals surface area contributed by atoms with Crippen LogP contribution in [0.5, 0.6) is 0 Å². The van der Waals surface area contributed by atoms with E-state index < -0.39 is 0 Å². The predicted octanol–water partition coefficient (Wildman–Crippen LogP) is 0.885. The smallest absolute Gasteiger partial charge is 0.0199 e. The first-order chi connectivity index (χ1) is 4.85. The Labute approximate surface area is 63.0 Å². The Morgan fingerprint density at radius 1 is 1.40 bits per heavy atom. The first-order valence-corrected chi connectivity index (χ1v) is 3.48. The molecule has 2 heteroatoms. The first kappa shape index (κ1) is 9.24. The molecule has 0 aromatic carbocycles. The van der Waals surface area contributed by atoms with Crippen LogP contribution in [0, 0.1) is 0 Å². The highest BCUT2D eigenvalue weighted by atomic mass is 14.8. The molecule has 0 atom stereocenters. The molecule has 0 aromatic heterocycles. The number of nitrogens with one attached hydrogen (secondary N) is 2. The van der Waals surface area contributed by atoms with Gasteiger partial charge in [0.25, 0.3) is 0 Å². The highest BCUT2D eigenvalue weighted by Gasteiger charge is 1.84. The van der Waals surface area contributed by atoms with E-state index in [0.717, 1.165) is 6.54 Å². The van der Waals surface area contributed by atoms with Gasteiger partial charge in [-0.1, -0.05) is 6.08 Å². The van der Waals surface area contributed by atoms with E-state index in [1.165, 1.54) is 5.57 Å². The van der Waals surface area contributed by atoms with Crippen LogP contribution in [0.4, 0.5) is 0 Å². The third-order valence-electron chi connectivity index (χ3n) is 1.22. The zero-order valence-corrected chi connectivity index (χ0v) is 6.94. The number of hydrogen-bond acceptors (Lipinski definition) is 2. The Morgan fingerprint density at radius 3 is 2.50 bits per heavy atom. The number of allylic oxidation sites excluding steroid dienone is 1. The molecule has 0 unspecified atom stereocenters. The van der Waals surface area contributed by atoms with Gasteiger partial charge in [-0.2, -0.15) is 0 Å². The minimum atomic E-state index is 0.925. The lowest BCUT2D eigenvalue weighted by atomic mass is 10.2. The fourth-order valence-corrected chi connectivity index (χ4v) is 0.652. The summed E-state index contributed by atoms with van der Waals surface area (Å²) in [6, 6.07) is 0. The van der Waals surface area contributed by atoms with E-state index >= 15 is 0 Å². The van der Waals surface area contributed by atoms with Gasteiger partial charge >= 0.3 is 0 Å². The zero-order chi connectivity index (χ0) is 7.82. The molecule has 10 heavy (non-hydrogen) atoms. The summed E-state index contributed by atoms with van der Waals surface area (Å²) in [5.74, 6) is 0. The summed E-state index contributed by atoms with van der Waals surface area (Å²) in [6.45, 7) is 2.96. The Morgan fingerprint density at radius 2 is 2.10 bits per heavy atom. The molecule has 0 saturated heterocycles. The van der Waals surface area contributed by atoms with Crippen LogP contribution in [0.1, 0.15) is 6.92 Å². The van der Waals surface area contributed by atoms with Crippen LogP contribution in [0.3, 0.4) is 0 Å². The van der Waals surface area contributed by atoms with Crippen LogP contribution in [0.2, 0.25) is 0 Å². The van der Waals surface area contributed by atoms with Gasteiger partial charge in [-0.05, 0) is 31.8 Å². The zero-order valence-electron chi connectivity index (χ0n) is 6.94. The molecule has 2 nitrogen and oxygen atoms in total. The van der Waals surface area contributed by atoms with Crippen molar-refractivity contribution in [3.8, 4) is 0 Å². The molecule has 0 fully saturated rings. The molecular weight excluding hydrogens is 124 g/mol. The molecule has 0 heterocycles. The van der Waals surface area contributed by atoms with E-state index in [0.29, 0.717) is 0 Å². The van der Waals surface area contributed by atoms with Crippen molar-refractivity contribution in [1.82, 2.24) is 10.6 Å². The first-order valence-electron chi connectivity index (χ1n) is 3.48. The lowest BCUT2D eigenvalue weighted by molar-refractivity contribution is 0.892. The number of hydrogen-bond donors (Lipinski definition) is 2. The highest BCUT2D eigenvalue weighted by molar-refractivity contribution is 5.18. The van der Waals surface area contributed by atoms with Crippen LogP contribution >= 0.6 is 0 Å². The standard InChI is InChI=1S/C8H16N2/c1-4-8(7-10-3)5-6-9-2/h4-6,9-10H,7H2,1-3H3/b6-5-,8-4+. The average Bonchev–Trinajstić information content (AvgIpc) is 1.98. The Hall–Kier alpha value is -0.760. The Bertz CT molecular complexity index is 125. The number of likely N-dealkylation sites (N-methyl/N-ethyl adjacent to an activating group) is 1. The molecule has 0 aromatic rings. The molecule has 0 rings (SSSR count). The van der Waals surface area contributed by atoms with E-state index in [2.05, 4.69) is 22.8 Å². The molecule has 0 aliphatic heterocycles. The van der Waals surface area contributed by atoms with Crippen molar-refractivity contribution >= 4 is 0 Å². The minimum absolute atomic E-state index is 0.925. The summed E-state index contributed by atoms with van der Waals surface area (Å²) in [5, 5.41) is 6.02. The third kappa shape index (κ3) is 4.15. The van der Waals surface area contributed by atoms with E-state index in [4.69, 9.17) is 0 Å². The van der Waals surface area contributed by atoms with Crippen molar-refractivity contribution in [1.29, 1.82) is 0 Å². The number of rotatable bonds is 4. The summed E-state index contributed by atoms with van der Waals surface area (Å²) in [4.78, 5) is 0. The fraction of sp³-hybridized carbons (Fsp3) is 0.500. The molecule has 58 valence electrons. The topological polar surface area (TPSA) is 24.1 Å². The molecule has 0 aliphatic carbocycles. The normalized spacial score (nSPS) is 12.5. The summed E-state index contributed by atoms with van der Waals surface area (Å²) >= 11 is 0. The van der Waals surface area contributed by atoms with Crippen LogP contribution in [0.25, 0.3) is 0 Å². The molecule has 0 saturated carbocycles. The van der Waals surface area contributed by atoms with Gasteiger partial charge in [0.2, 0.25) is 0 Å². The van der Waals surface area contributed by atoms with Gasteiger partial charge in [0.1, 0.15) is 0 Å². The Balaban J connectivity index is 3.72. The SMILES string of the molecule is C/C=C(\C=C/NC)CNC. The van der Waals surface area contributed by atoms with Crippen LogP contribution in [-0.4, -0.2) is 20.6 Å². The molecular formula is C8H16N2. The summed E-state index contributed by atoms with van der Waals surface area (Å²) in [7, 11) is 3.83. The quantitative estimate of drug-likeness (QED) is 0.567. The molecule has 0 radical (unpaired) electrons. The summed E-state index contributed by atoms with van der Waals surface area (Å²) < 4.78 is 0. The lowest BCUT2D eigenvalue weighted by Gasteiger charge is -1.97. The van der Waals surface area contributed by atoms with Gasteiger partial charge in [0, 0.05) is 13.6 Å². The second-order valence-corrected chi connectivity index (χ2v) is 2.02. The molecule has 0 bridgehead atoms. The molecule has 0 amide bonds. The average molecular weight is 140 g/mol. The third-order valence-corrected chi connectivity index (χ3v) is 1.22. The fourth-order valence-electron chi connectivity index (χ4n) is 0.652. The lowest BCUT2D eigenvalue weighted by Crippen LogP contribution is -2.09. The predicted molar refractivity (Wildman–Crippen MR) is 45.9 cm³/mol. The second-order valence-electron chi connectivity index (χ2n) is 2.02. The van der Waals surface area contributed by atoms with Gasteiger partial charge in [0.15, 0.2) is 0 Å². The maximum atomic E-state index is 3.08. The van der Waals surface area contributed by atoms with Crippen molar-refractivity contribution in [2.24, 2.45) is 0 Å². The second kappa shape index (κ2) is 6.36. The van der Waals surface area contributed by atoms with Gasteiger partial charge in [-0.15, -0.1) is 0 Å². The maximum Gasteiger partial charge on any atom is 0.0199 e. The van der Waals surface area contributed by atoms with Gasteiger partial charge in [-0.25, -0.2) is 0 Å². The van der Waals surface area contributed by atoms with Crippen molar-refractivity contribution in [3.05, 3.63) is 23.9 Å². The summed E-state index contributed by atoms with van der Waals surface area (Å²) in [6.07, 6.45) is 6.06. The molecule has 0 aliphatic rings. The van der Waals surface area contributed by atoms with Crippen LogP contribution < -0.4 is 10.6 Å². The Kier molecular flexibility index (Phi) is 5.88. The minimum Gasteiger partial charge on any atom is -0.394 e. The van der Waals surface area contributed by atoms with E-state index in [-0.39, 0.29) is 0 Å². The molecule has 0 spiro atoms. The van der Waals surface area contributed by atoms with Gasteiger partial charge < -0.3 is 10.6 Å². The van der Waals surface area contributed by atoms with Gasteiger partial charge in [-0.3, -0.25) is 0 Å². The van der Waals surface area contributed by atoms with Crippen molar-refractivity contribution < 1.29 is 0 Å². The van der Waals surface area contributed by atoms with Crippen LogP contribution in [0.15, 0.2) is 23.9 Å². The highest BCUT2D eigenvalue weighted by Crippen LogP contribution is 1.92. The van der Waals surface area contributed by atoms with E-state index in [1.54, 1.807) is 0 Å². The van der Waals surface area contributed by atoms with Crippen molar-refractivity contribution in [2.45, 2.75) is 6.92 Å². The molecule has 2 N–H and O–H groups in total. The van der Waals surface area contributed by atoms with Gasteiger partial charge in [0.05, 0.1) is 0 Å². The van der Waals surface area contributed by atoms with Crippen molar-refractivity contribution in [3.63, 3.8) is 0 Å². The van der Waals surface area contributed by atoms with E-state index in [1.807, 2.05) is 27.2 Å². The van der Waals surface area contributed by atoms with Crippen LogP contribution in [-0.2, 0) is 0 Å².